The van der Waals surface area contributed by atoms with E-state index in [2.05, 4.69) is 48.2 Å². The Morgan fingerprint density at radius 3 is 2.17 bits per heavy atom. The second kappa shape index (κ2) is 11.7. The highest BCUT2D eigenvalue weighted by molar-refractivity contribution is 7.20. The summed E-state index contributed by atoms with van der Waals surface area (Å²) in [5, 5.41) is 8.47. The fraction of sp³-hybridized carbons (Fsp3) is 0.321. The molecule has 2 aromatic carbocycles. The summed E-state index contributed by atoms with van der Waals surface area (Å²) in [7, 11) is 1.68. The first-order valence-corrected chi connectivity index (χ1v) is 13.5. The highest BCUT2D eigenvalue weighted by atomic mass is 32.1. The molecular formula is C28H31F3N6O2S. The van der Waals surface area contributed by atoms with Crippen molar-refractivity contribution in [3.8, 4) is 0 Å². The first-order valence-electron chi connectivity index (χ1n) is 12.7. The molecule has 4 rings (SSSR count). The fourth-order valence-electron chi connectivity index (χ4n) is 4.40. The van der Waals surface area contributed by atoms with Crippen molar-refractivity contribution in [1.29, 1.82) is 0 Å². The van der Waals surface area contributed by atoms with Gasteiger partial charge in [0.25, 0.3) is 5.91 Å². The third-order valence-corrected chi connectivity index (χ3v) is 7.46. The number of carbonyl (C=O) groups is 2. The van der Waals surface area contributed by atoms with Crippen LogP contribution in [0.1, 0.15) is 42.9 Å². The second-order valence-corrected chi connectivity index (χ2v) is 11.0. The van der Waals surface area contributed by atoms with Crippen LogP contribution in [0.2, 0.25) is 0 Å². The van der Waals surface area contributed by atoms with E-state index in [0.717, 1.165) is 22.6 Å². The van der Waals surface area contributed by atoms with Gasteiger partial charge in [-0.25, -0.2) is 0 Å². The smallest absolute Gasteiger partial charge is 0.294 e. The average Bonchev–Trinajstić information content (AvgIpc) is 3.50. The van der Waals surface area contributed by atoms with E-state index in [4.69, 9.17) is 0 Å². The minimum absolute atomic E-state index is 0.0149. The normalized spacial score (nSPS) is 12.0. The molecule has 0 fully saturated rings. The van der Waals surface area contributed by atoms with E-state index in [-0.39, 0.29) is 33.9 Å². The Morgan fingerprint density at radius 1 is 0.975 bits per heavy atom. The van der Waals surface area contributed by atoms with E-state index in [1.54, 1.807) is 19.2 Å². The Hall–Kier alpha value is -3.90. The highest BCUT2D eigenvalue weighted by Crippen LogP contribution is 2.37. The predicted molar refractivity (Wildman–Crippen MR) is 152 cm³/mol. The van der Waals surface area contributed by atoms with Gasteiger partial charge in [-0.3, -0.25) is 34.9 Å². The van der Waals surface area contributed by atoms with Crippen molar-refractivity contribution >= 4 is 50.6 Å². The molecule has 2 aromatic heterocycles. The summed E-state index contributed by atoms with van der Waals surface area (Å²) in [4.78, 5) is 29.0. The van der Waals surface area contributed by atoms with E-state index in [9.17, 15) is 22.8 Å². The molecule has 212 valence electrons. The van der Waals surface area contributed by atoms with Gasteiger partial charge in [-0.1, -0.05) is 30.3 Å². The molecular weight excluding hydrogens is 541 g/mol. The van der Waals surface area contributed by atoms with Crippen molar-refractivity contribution in [3.05, 3.63) is 71.1 Å². The van der Waals surface area contributed by atoms with Crippen LogP contribution in [-0.2, 0) is 11.3 Å². The molecule has 0 aliphatic rings. The number of alkyl halides is 3. The van der Waals surface area contributed by atoms with E-state index in [1.807, 2.05) is 30.3 Å². The van der Waals surface area contributed by atoms with Crippen molar-refractivity contribution in [2.45, 2.75) is 52.5 Å². The molecule has 0 radical (unpaired) electrons. The summed E-state index contributed by atoms with van der Waals surface area (Å²) in [5.41, 5.74) is 4.39. The number of rotatable bonds is 9. The molecule has 40 heavy (non-hydrogen) atoms. The highest BCUT2D eigenvalue weighted by Gasteiger charge is 2.45. The van der Waals surface area contributed by atoms with Crippen molar-refractivity contribution in [2.24, 2.45) is 0 Å². The number of anilines is 3. The Labute approximate surface area is 234 Å². The maximum absolute atomic E-state index is 13.7. The number of hydrogen-bond donors (Lipinski definition) is 2. The number of amides is 2. The van der Waals surface area contributed by atoms with E-state index >= 15 is 0 Å². The van der Waals surface area contributed by atoms with Crippen molar-refractivity contribution in [2.75, 3.05) is 17.0 Å². The van der Waals surface area contributed by atoms with E-state index < -0.39 is 18.0 Å². The lowest BCUT2D eigenvalue weighted by Crippen LogP contribution is -2.39. The van der Waals surface area contributed by atoms with Gasteiger partial charge in [0.2, 0.25) is 0 Å². The number of para-hydroxylation sites is 1. The summed E-state index contributed by atoms with van der Waals surface area (Å²) < 4.78 is 41.2. The molecule has 0 aliphatic heterocycles. The molecule has 0 saturated carbocycles. The molecule has 4 aromatic rings. The predicted octanol–water partition coefficient (Wildman–Crippen LogP) is 6.25. The fourth-order valence-corrected chi connectivity index (χ4v) is 5.28. The lowest BCUT2D eigenvalue weighted by atomic mass is 10.1. The van der Waals surface area contributed by atoms with Crippen LogP contribution >= 0.6 is 11.3 Å². The summed E-state index contributed by atoms with van der Waals surface area (Å²) in [6, 6.07) is 17.5. The summed E-state index contributed by atoms with van der Waals surface area (Å²) >= 11 is 1.03. The number of carbonyl (C=O) groups excluding carboxylic acids is 2. The number of aromatic nitrogens is 2. The van der Waals surface area contributed by atoms with Crippen molar-refractivity contribution in [1.82, 2.24) is 20.5 Å². The van der Waals surface area contributed by atoms with Crippen LogP contribution in [-0.4, -0.2) is 52.2 Å². The SMILES string of the molecule is CC(C)N(Cc1ccc(N(C(=O)C(F)(F)F)c2n[nH]c3sc(C(=O)NN(C)c4ccccc4)cc23)cc1)C(C)C. The van der Waals surface area contributed by atoms with E-state index in [0.29, 0.717) is 16.3 Å². The van der Waals surface area contributed by atoms with Crippen LogP contribution in [0.3, 0.4) is 0 Å². The lowest BCUT2D eigenvalue weighted by Gasteiger charge is -2.30. The molecule has 2 amide bonds. The first kappa shape index (κ1) is 29.1. The summed E-state index contributed by atoms with van der Waals surface area (Å²) in [5.74, 6) is -2.77. The number of thiophene rings is 1. The monoisotopic (exact) mass is 572 g/mol. The summed E-state index contributed by atoms with van der Waals surface area (Å²) in [6.07, 6.45) is -5.15. The van der Waals surface area contributed by atoms with Crippen LogP contribution in [0.15, 0.2) is 60.7 Å². The standard InChI is InChI=1S/C28H31F3N6O2S/c1-17(2)36(18(3)4)16-19-11-13-21(14-12-19)37(27(39)28(29,30)31)24-22-15-23(40-26(22)33-32-24)25(38)34-35(5)20-9-7-6-8-10-20/h6-15,17-18H,16H2,1-5H3,(H,32,33)(H,34,38). The molecule has 12 heteroatoms. The Morgan fingerprint density at radius 2 is 1.60 bits per heavy atom. The second-order valence-electron chi connectivity index (χ2n) is 9.90. The number of fused-ring (bicyclic) bond motifs is 1. The third kappa shape index (κ3) is 6.28. The van der Waals surface area contributed by atoms with Gasteiger partial charge < -0.3 is 0 Å². The summed E-state index contributed by atoms with van der Waals surface area (Å²) in [6.45, 7) is 8.92. The molecule has 2 heterocycles. The molecule has 0 aliphatic carbocycles. The molecule has 0 atom stereocenters. The largest absolute Gasteiger partial charge is 0.472 e. The first-order chi connectivity index (χ1) is 18.9. The number of nitrogens with one attached hydrogen (secondary N) is 2. The van der Waals surface area contributed by atoms with Crippen molar-refractivity contribution < 1.29 is 22.8 Å². The van der Waals surface area contributed by atoms with Crippen LogP contribution in [0.25, 0.3) is 10.2 Å². The van der Waals surface area contributed by atoms with Gasteiger partial charge >= 0.3 is 12.1 Å². The molecule has 2 N–H and O–H groups in total. The zero-order valence-corrected chi connectivity index (χ0v) is 23.6. The Bertz CT molecular complexity index is 1460. The molecule has 0 spiro atoms. The molecule has 0 bridgehead atoms. The van der Waals surface area contributed by atoms with Gasteiger partial charge in [0.1, 0.15) is 4.83 Å². The number of benzene rings is 2. The Balaban J connectivity index is 1.65. The lowest BCUT2D eigenvalue weighted by molar-refractivity contribution is -0.169. The molecule has 8 nitrogen and oxygen atoms in total. The van der Waals surface area contributed by atoms with Gasteiger partial charge in [-0.2, -0.15) is 18.3 Å². The number of hydrazine groups is 1. The maximum atomic E-state index is 13.7. The number of halogens is 3. The molecule has 0 unspecified atom stereocenters. The van der Waals surface area contributed by atoms with Gasteiger partial charge in [0.05, 0.1) is 21.6 Å². The number of aromatic amines is 1. The average molecular weight is 573 g/mol. The van der Waals surface area contributed by atoms with Gasteiger partial charge in [-0.15, -0.1) is 11.3 Å². The zero-order chi connectivity index (χ0) is 29.2. The Kier molecular flexibility index (Phi) is 8.50. The topological polar surface area (TPSA) is 84.6 Å². The number of hydrogen-bond acceptors (Lipinski definition) is 6. The van der Waals surface area contributed by atoms with Gasteiger partial charge in [0.15, 0.2) is 5.82 Å². The maximum Gasteiger partial charge on any atom is 0.472 e. The van der Waals surface area contributed by atoms with Crippen LogP contribution in [0.5, 0.6) is 0 Å². The minimum Gasteiger partial charge on any atom is -0.294 e. The van der Waals surface area contributed by atoms with Gasteiger partial charge in [0, 0.05) is 25.7 Å². The van der Waals surface area contributed by atoms with Crippen LogP contribution in [0.4, 0.5) is 30.4 Å². The third-order valence-electron chi connectivity index (χ3n) is 6.42. The van der Waals surface area contributed by atoms with E-state index in [1.165, 1.54) is 23.2 Å². The van der Waals surface area contributed by atoms with Crippen molar-refractivity contribution in [3.63, 3.8) is 0 Å². The number of nitrogens with zero attached hydrogens (tertiary/aromatic N) is 4. The van der Waals surface area contributed by atoms with Crippen LogP contribution in [0, 0.1) is 0 Å². The quantitative estimate of drug-likeness (QED) is 0.232. The number of H-pyrrole nitrogens is 1. The van der Waals surface area contributed by atoms with Crippen LogP contribution < -0.4 is 15.3 Å². The molecule has 0 saturated heterocycles. The zero-order valence-electron chi connectivity index (χ0n) is 22.8. The minimum atomic E-state index is -5.15. The van der Waals surface area contributed by atoms with Gasteiger partial charge in [-0.05, 0) is 63.6 Å².